The van der Waals surface area contributed by atoms with Gasteiger partial charge in [0.15, 0.2) is 0 Å². The Morgan fingerprint density at radius 1 is 1.20 bits per heavy atom. The topological polar surface area (TPSA) is 55.1 Å². The Bertz CT molecular complexity index is 373. The Labute approximate surface area is 89.0 Å². The Morgan fingerprint density at radius 3 is 2.40 bits per heavy atom. The van der Waals surface area contributed by atoms with Crippen molar-refractivity contribution < 1.29 is 4.79 Å². The number of nitrogens with two attached hydrogens (primary N) is 1. The van der Waals surface area contributed by atoms with Gasteiger partial charge in [-0.1, -0.05) is 12.2 Å². The summed E-state index contributed by atoms with van der Waals surface area (Å²) in [5, 5.41) is 2.97. The summed E-state index contributed by atoms with van der Waals surface area (Å²) >= 11 is 0. The summed E-state index contributed by atoms with van der Waals surface area (Å²) in [5.41, 5.74) is 6.89. The lowest BCUT2D eigenvalue weighted by Gasteiger charge is -2.11. The van der Waals surface area contributed by atoms with E-state index in [1.807, 2.05) is 0 Å². The average molecular weight is 202 g/mol. The lowest BCUT2D eigenvalue weighted by molar-refractivity contribution is 0.0939. The molecule has 0 radical (unpaired) electrons. The van der Waals surface area contributed by atoms with Gasteiger partial charge < -0.3 is 11.1 Å². The quantitative estimate of drug-likeness (QED) is 0.566. The van der Waals surface area contributed by atoms with Gasteiger partial charge >= 0.3 is 0 Å². The van der Waals surface area contributed by atoms with Crippen LogP contribution in [0.25, 0.3) is 0 Å². The third-order valence-corrected chi connectivity index (χ3v) is 2.52. The van der Waals surface area contributed by atoms with Crippen molar-refractivity contribution in [2.75, 3.05) is 5.73 Å². The number of nitrogens with one attached hydrogen (secondary N) is 1. The van der Waals surface area contributed by atoms with Gasteiger partial charge in [0.1, 0.15) is 0 Å². The maximum absolute atomic E-state index is 11.7. The first-order valence-corrected chi connectivity index (χ1v) is 5.07. The Hall–Kier alpha value is -1.77. The number of benzene rings is 1. The molecule has 0 aromatic heterocycles. The van der Waals surface area contributed by atoms with E-state index in [1.165, 1.54) is 0 Å². The van der Waals surface area contributed by atoms with Crippen LogP contribution < -0.4 is 11.1 Å². The molecule has 0 saturated heterocycles. The van der Waals surface area contributed by atoms with Crippen molar-refractivity contribution >= 4 is 11.6 Å². The van der Waals surface area contributed by atoms with Crippen molar-refractivity contribution in [3.63, 3.8) is 0 Å². The van der Waals surface area contributed by atoms with Gasteiger partial charge in [-0.25, -0.2) is 0 Å². The van der Waals surface area contributed by atoms with Crippen LogP contribution in [0.1, 0.15) is 23.2 Å². The number of rotatable bonds is 2. The lowest BCUT2D eigenvalue weighted by Crippen LogP contribution is -2.32. The standard InChI is InChI=1S/C12H14N2O/c13-10-7-5-9(6-8-10)12(15)14-11-3-1-2-4-11/h1-2,5-8,11H,3-4,13H2,(H,14,15). The highest BCUT2D eigenvalue weighted by Crippen LogP contribution is 2.11. The highest BCUT2D eigenvalue weighted by molar-refractivity contribution is 5.94. The van der Waals surface area contributed by atoms with Crippen molar-refractivity contribution in [1.29, 1.82) is 0 Å². The molecule has 0 fully saturated rings. The fourth-order valence-corrected chi connectivity index (χ4v) is 1.64. The van der Waals surface area contributed by atoms with E-state index in [0.29, 0.717) is 11.3 Å². The van der Waals surface area contributed by atoms with E-state index in [4.69, 9.17) is 5.73 Å². The number of nitrogen functional groups attached to an aromatic ring is 1. The summed E-state index contributed by atoms with van der Waals surface area (Å²) in [6.07, 6.45) is 6.04. The van der Waals surface area contributed by atoms with Crippen molar-refractivity contribution in [2.24, 2.45) is 0 Å². The highest BCUT2D eigenvalue weighted by atomic mass is 16.1. The highest BCUT2D eigenvalue weighted by Gasteiger charge is 2.13. The van der Waals surface area contributed by atoms with E-state index in [9.17, 15) is 4.79 Å². The van der Waals surface area contributed by atoms with E-state index < -0.39 is 0 Å². The first-order chi connectivity index (χ1) is 7.25. The molecule has 3 heteroatoms. The molecule has 0 saturated carbocycles. The molecule has 15 heavy (non-hydrogen) atoms. The predicted octanol–water partition coefficient (Wildman–Crippen LogP) is 1.72. The summed E-state index contributed by atoms with van der Waals surface area (Å²) in [6.45, 7) is 0. The molecule has 0 bridgehead atoms. The molecule has 0 aliphatic heterocycles. The largest absolute Gasteiger partial charge is 0.399 e. The second-order valence-electron chi connectivity index (χ2n) is 3.74. The molecular weight excluding hydrogens is 188 g/mol. The Morgan fingerprint density at radius 2 is 1.80 bits per heavy atom. The molecule has 3 nitrogen and oxygen atoms in total. The number of carbonyl (C=O) groups is 1. The maximum Gasteiger partial charge on any atom is 0.251 e. The Kier molecular flexibility index (Phi) is 2.72. The van der Waals surface area contributed by atoms with Gasteiger partial charge in [-0.05, 0) is 37.1 Å². The molecule has 0 heterocycles. The fourth-order valence-electron chi connectivity index (χ4n) is 1.64. The fraction of sp³-hybridized carbons (Fsp3) is 0.250. The monoisotopic (exact) mass is 202 g/mol. The first-order valence-electron chi connectivity index (χ1n) is 5.07. The molecule has 1 aromatic rings. The molecule has 2 rings (SSSR count). The van der Waals surface area contributed by atoms with Crippen LogP contribution in [-0.4, -0.2) is 11.9 Å². The summed E-state index contributed by atoms with van der Waals surface area (Å²) < 4.78 is 0. The van der Waals surface area contributed by atoms with Crippen LogP contribution in [0.4, 0.5) is 5.69 Å². The predicted molar refractivity (Wildman–Crippen MR) is 60.5 cm³/mol. The smallest absolute Gasteiger partial charge is 0.251 e. The zero-order valence-electron chi connectivity index (χ0n) is 8.44. The Balaban J connectivity index is 1.98. The van der Waals surface area contributed by atoms with Crippen LogP contribution in [0.3, 0.4) is 0 Å². The molecule has 1 amide bonds. The molecule has 1 aromatic carbocycles. The van der Waals surface area contributed by atoms with Gasteiger partial charge in [-0.3, -0.25) is 4.79 Å². The zero-order chi connectivity index (χ0) is 10.7. The van der Waals surface area contributed by atoms with Gasteiger partial charge in [0.25, 0.3) is 5.91 Å². The van der Waals surface area contributed by atoms with E-state index in [0.717, 1.165) is 12.8 Å². The van der Waals surface area contributed by atoms with E-state index in [1.54, 1.807) is 24.3 Å². The van der Waals surface area contributed by atoms with Gasteiger partial charge in [0.2, 0.25) is 0 Å². The summed E-state index contributed by atoms with van der Waals surface area (Å²) in [5.74, 6) is -0.0244. The molecule has 0 unspecified atom stereocenters. The van der Waals surface area contributed by atoms with Crippen LogP contribution in [-0.2, 0) is 0 Å². The van der Waals surface area contributed by atoms with Crippen molar-refractivity contribution in [3.05, 3.63) is 42.0 Å². The first kappa shape index (κ1) is 9.77. The molecular formula is C12H14N2O. The number of anilines is 1. The van der Waals surface area contributed by atoms with Crippen LogP contribution in [0.5, 0.6) is 0 Å². The van der Waals surface area contributed by atoms with Crippen LogP contribution in [0, 0.1) is 0 Å². The van der Waals surface area contributed by atoms with Gasteiger partial charge in [-0.15, -0.1) is 0 Å². The summed E-state index contributed by atoms with van der Waals surface area (Å²) in [4.78, 5) is 11.7. The number of carbonyl (C=O) groups excluding carboxylic acids is 1. The van der Waals surface area contributed by atoms with Crippen LogP contribution >= 0.6 is 0 Å². The molecule has 78 valence electrons. The normalized spacial score (nSPS) is 15.5. The second kappa shape index (κ2) is 4.17. The van der Waals surface area contributed by atoms with E-state index in [-0.39, 0.29) is 11.9 Å². The van der Waals surface area contributed by atoms with Crippen molar-refractivity contribution in [3.8, 4) is 0 Å². The van der Waals surface area contributed by atoms with Gasteiger partial charge in [0, 0.05) is 17.3 Å². The minimum Gasteiger partial charge on any atom is -0.399 e. The van der Waals surface area contributed by atoms with Gasteiger partial charge in [0.05, 0.1) is 0 Å². The molecule has 1 aliphatic rings. The molecule has 0 spiro atoms. The zero-order valence-corrected chi connectivity index (χ0v) is 8.44. The van der Waals surface area contributed by atoms with Crippen molar-refractivity contribution in [2.45, 2.75) is 18.9 Å². The van der Waals surface area contributed by atoms with Crippen LogP contribution in [0.2, 0.25) is 0 Å². The van der Waals surface area contributed by atoms with Crippen molar-refractivity contribution in [1.82, 2.24) is 5.32 Å². The summed E-state index contributed by atoms with van der Waals surface area (Å²) in [6, 6.07) is 7.22. The molecule has 0 atom stereocenters. The third kappa shape index (κ3) is 2.37. The lowest BCUT2D eigenvalue weighted by atomic mass is 10.1. The second-order valence-corrected chi connectivity index (χ2v) is 3.74. The van der Waals surface area contributed by atoms with E-state index >= 15 is 0 Å². The summed E-state index contributed by atoms with van der Waals surface area (Å²) in [7, 11) is 0. The minimum atomic E-state index is -0.0244. The number of hydrogen-bond acceptors (Lipinski definition) is 2. The minimum absolute atomic E-state index is 0.0244. The van der Waals surface area contributed by atoms with Crippen LogP contribution in [0.15, 0.2) is 36.4 Å². The maximum atomic E-state index is 11.7. The molecule has 3 N–H and O–H groups in total. The average Bonchev–Trinajstić information content (AvgIpc) is 2.71. The third-order valence-electron chi connectivity index (χ3n) is 2.52. The SMILES string of the molecule is Nc1ccc(C(=O)NC2CC=CC2)cc1. The van der Waals surface area contributed by atoms with Gasteiger partial charge in [-0.2, -0.15) is 0 Å². The number of amides is 1. The molecule has 1 aliphatic carbocycles. The van der Waals surface area contributed by atoms with E-state index in [2.05, 4.69) is 17.5 Å². The number of hydrogen-bond donors (Lipinski definition) is 2.